The number of carbonyl (C=O) groups excluding carboxylic acids is 1. The number of nitrogens with zero attached hydrogens (tertiary/aromatic N) is 2. The van der Waals surface area contributed by atoms with Crippen LogP contribution < -0.4 is 0 Å². The molecule has 0 aliphatic heterocycles. The van der Waals surface area contributed by atoms with Gasteiger partial charge in [-0.3, -0.25) is 0 Å². The number of H-pyrrole nitrogens is 1. The van der Waals surface area contributed by atoms with Crippen LogP contribution >= 0.6 is 0 Å². The monoisotopic (exact) mass is 329 g/mol. The molecular formula is C17H35N3O3. The molecule has 136 valence electrons. The first-order chi connectivity index (χ1) is 10.7. The van der Waals surface area contributed by atoms with Gasteiger partial charge in [-0.25, -0.2) is 9.78 Å². The highest BCUT2D eigenvalue weighted by Gasteiger charge is 2.22. The average molecular weight is 329 g/mol. The molecular weight excluding hydrogens is 294 g/mol. The molecule has 1 amide bonds. The van der Waals surface area contributed by atoms with E-state index in [1.165, 1.54) is 0 Å². The van der Waals surface area contributed by atoms with Crippen LogP contribution in [0.1, 0.15) is 59.5 Å². The van der Waals surface area contributed by atoms with Gasteiger partial charge in [-0.1, -0.05) is 20.8 Å². The molecule has 0 fully saturated rings. The Hall–Kier alpha value is -1.56. The summed E-state index contributed by atoms with van der Waals surface area (Å²) in [5.41, 5.74) is 0.521. The molecule has 0 aliphatic rings. The highest BCUT2D eigenvalue weighted by molar-refractivity contribution is 5.68. The molecule has 23 heavy (non-hydrogen) atoms. The average Bonchev–Trinajstić information content (AvgIpc) is 2.85. The SMILES string of the molecule is CC.CCCN(Cc1ncc(C)[nH]1)C(=O)OC(C)(C)C.COC. The molecule has 0 atom stereocenters. The lowest BCUT2D eigenvalue weighted by molar-refractivity contribution is 0.0229. The molecule has 1 N–H and O–H groups in total. The fourth-order valence-electron chi connectivity index (χ4n) is 1.56. The number of ether oxygens (including phenoxy) is 2. The van der Waals surface area contributed by atoms with Crippen LogP contribution in [0.3, 0.4) is 0 Å². The summed E-state index contributed by atoms with van der Waals surface area (Å²) in [5.74, 6) is 0.784. The zero-order valence-electron chi connectivity index (χ0n) is 16.3. The summed E-state index contributed by atoms with van der Waals surface area (Å²) in [6, 6.07) is 0. The van der Waals surface area contributed by atoms with Crippen molar-refractivity contribution in [3.05, 3.63) is 17.7 Å². The van der Waals surface area contributed by atoms with Gasteiger partial charge in [0, 0.05) is 32.7 Å². The predicted octanol–water partition coefficient (Wildman–Crippen LogP) is 4.15. The van der Waals surface area contributed by atoms with E-state index in [-0.39, 0.29) is 6.09 Å². The Labute approximate surface area is 141 Å². The molecule has 0 aliphatic carbocycles. The topological polar surface area (TPSA) is 67.5 Å². The van der Waals surface area contributed by atoms with Crippen LogP contribution in [0.5, 0.6) is 0 Å². The van der Waals surface area contributed by atoms with Gasteiger partial charge in [0.25, 0.3) is 0 Å². The molecule has 0 unspecified atom stereocenters. The van der Waals surface area contributed by atoms with Crippen LogP contribution in [-0.2, 0) is 16.0 Å². The molecule has 0 saturated carbocycles. The van der Waals surface area contributed by atoms with Gasteiger partial charge in [-0.05, 0) is 34.1 Å². The summed E-state index contributed by atoms with van der Waals surface area (Å²) in [7, 11) is 3.25. The summed E-state index contributed by atoms with van der Waals surface area (Å²) in [6.45, 7) is 14.7. The summed E-state index contributed by atoms with van der Waals surface area (Å²) in [4.78, 5) is 21.0. The lowest BCUT2D eigenvalue weighted by Gasteiger charge is -2.26. The number of imidazole rings is 1. The van der Waals surface area contributed by atoms with Crippen LogP contribution in [-0.4, -0.2) is 47.3 Å². The maximum Gasteiger partial charge on any atom is 0.410 e. The molecule has 1 aromatic rings. The molecule has 1 heterocycles. The zero-order valence-corrected chi connectivity index (χ0v) is 16.3. The third-order valence-electron chi connectivity index (χ3n) is 2.24. The molecule has 0 radical (unpaired) electrons. The number of methoxy groups -OCH3 is 1. The Morgan fingerprint density at radius 2 is 1.83 bits per heavy atom. The Bertz CT molecular complexity index is 411. The van der Waals surface area contributed by atoms with E-state index in [0.29, 0.717) is 13.1 Å². The quantitative estimate of drug-likeness (QED) is 0.901. The normalized spacial score (nSPS) is 9.96. The van der Waals surface area contributed by atoms with Crippen LogP contribution in [0.4, 0.5) is 4.79 Å². The van der Waals surface area contributed by atoms with Gasteiger partial charge < -0.3 is 19.4 Å². The molecule has 6 nitrogen and oxygen atoms in total. The largest absolute Gasteiger partial charge is 0.444 e. The van der Waals surface area contributed by atoms with Crippen molar-refractivity contribution in [2.24, 2.45) is 0 Å². The maximum absolute atomic E-state index is 12.0. The first-order valence-corrected chi connectivity index (χ1v) is 8.12. The van der Waals surface area contributed by atoms with Gasteiger partial charge in [0.1, 0.15) is 11.4 Å². The molecule has 0 saturated heterocycles. The Morgan fingerprint density at radius 1 is 1.30 bits per heavy atom. The zero-order chi connectivity index (χ0) is 18.5. The van der Waals surface area contributed by atoms with E-state index in [2.05, 4.69) is 14.7 Å². The molecule has 1 aromatic heterocycles. The molecule has 0 aromatic carbocycles. The van der Waals surface area contributed by atoms with Crippen molar-refractivity contribution in [2.75, 3.05) is 20.8 Å². The number of aromatic nitrogens is 2. The number of hydrogen-bond acceptors (Lipinski definition) is 4. The Kier molecular flexibility index (Phi) is 13.3. The van der Waals surface area contributed by atoms with E-state index < -0.39 is 5.60 Å². The predicted molar refractivity (Wildman–Crippen MR) is 94.5 cm³/mol. The van der Waals surface area contributed by atoms with E-state index >= 15 is 0 Å². The molecule has 6 heteroatoms. The smallest absolute Gasteiger partial charge is 0.410 e. The van der Waals surface area contributed by atoms with Crippen molar-refractivity contribution < 1.29 is 14.3 Å². The Morgan fingerprint density at radius 3 is 2.17 bits per heavy atom. The van der Waals surface area contributed by atoms with Crippen molar-refractivity contribution in [1.82, 2.24) is 14.9 Å². The van der Waals surface area contributed by atoms with E-state index in [4.69, 9.17) is 4.74 Å². The van der Waals surface area contributed by atoms with Gasteiger partial charge >= 0.3 is 6.09 Å². The number of aromatic amines is 1. The number of carbonyl (C=O) groups is 1. The second-order valence-electron chi connectivity index (χ2n) is 5.82. The van der Waals surface area contributed by atoms with E-state index in [1.807, 2.05) is 48.5 Å². The standard InChI is InChI=1S/C13H23N3O2.C2H6O.C2H6/c1-6-7-16(12(17)18-13(3,4)5)9-11-14-8-10(2)15-11;1-3-2;1-2/h8H,6-7,9H2,1-5H3,(H,14,15);1-2H3;1-2H3. The van der Waals surface area contributed by atoms with Crippen molar-refractivity contribution in [3.8, 4) is 0 Å². The number of amides is 1. The maximum atomic E-state index is 12.0. The minimum atomic E-state index is -0.470. The summed E-state index contributed by atoms with van der Waals surface area (Å²) in [5, 5.41) is 0. The number of hydrogen-bond donors (Lipinski definition) is 1. The highest BCUT2D eigenvalue weighted by Crippen LogP contribution is 2.12. The van der Waals surface area contributed by atoms with Crippen molar-refractivity contribution in [2.45, 2.75) is 67.0 Å². The fourth-order valence-corrected chi connectivity index (χ4v) is 1.56. The highest BCUT2D eigenvalue weighted by atomic mass is 16.6. The molecule has 1 rings (SSSR count). The summed E-state index contributed by atoms with van der Waals surface area (Å²) >= 11 is 0. The summed E-state index contributed by atoms with van der Waals surface area (Å²) in [6.07, 6.45) is 2.35. The van der Waals surface area contributed by atoms with Gasteiger partial charge in [0.05, 0.1) is 6.54 Å². The van der Waals surface area contributed by atoms with E-state index in [9.17, 15) is 4.79 Å². The van der Waals surface area contributed by atoms with Crippen LogP contribution in [0.2, 0.25) is 0 Å². The second-order valence-corrected chi connectivity index (χ2v) is 5.82. The lowest BCUT2D eigenvalue weighted by Crippen LogP contribution is -2.37. The van der Waals surface area contributed by atoms with Crippen LogP contribution in [0.15, 0.2) is 6.20 Å². The van der Waals surface area contributed by atoms with Gasteiger partial charge in [0.15, 0.2) is 0 Å². The number of rotatable bonds is 4. The van der Waals surface area contributed by atoms with Gasteiger partial charge in [0.2, 0.25) is 0 Å². The first kappa shape index (κ1) is 23.7. The minimum absolute atomic E-state index is 0.293. The van der Waals surface area contributed by atoms with Gasteiger partial charge in [-0.15, -0.1) is 0 Å². The van der Waals surface area contributed by atoms with Crippen molar-refractivity contribution >= 4 is 6.09 Å². The fraction of sp³-hybridized carbons (Fsp3) is 0.765. The first-order valence-electron chi connectivity index (χ1n) is 8.12. The van der Waals surface area contributed by atoms with E-state index in [0.717, 1.165) is 17.9 Å². The summed E-state index contributed by atoms with van der Waals surface area (Å²) < 4.78 is 9.63. The molecule has 0 bridgehead atoms. The van der Waals surface area contributed by atoms with Gasteiger partial charge in [-0.2, -0.15) is 0 Å². The second kappa shape index (κ2) is 12.9. The third kappa shape index (κ3) is 12.6. The van der Waals surface area contributed by atoms with E-state index in [1.54, 1.807) is 25.3 Å². The van der Waals surface area contributed by atoms with Crippen LogP contribution in [0.25, 0.3) is 0 Å². The minimum Gasteiger partial charge on any atom is -0.444 e. The molecule has 0 spiro atoms. The Balaban J connectivity index is 0. The third-order valence-corrected chi connectivity index (χ3v) is 2.24. The lowest BCUT2D eigenvalue weighted by atomic mass is 10.2. The van der Waals surface area contributed by atoms with Crippen molar-refractivity contribution in [3.63, 3.8) is 0 Å². The van der Waals surface area contributed by atoms with Crippen LogP contribution in [0, 0.1) is 6.92 Å². The van der Waals surface area contributed by atoms with Crippen molar-refractivity contribution in [1.29, 1.82) is 0 Å². The number of nitrogens with one attached hydrogen (secondary N) is 1. The number of aryl methyl sites for hydroxylation is 1.